The highest BCUT2D eigenvalue weighted by atomic mass is 35.5. The SMILES string of the molecule is O=C(c1cncc(F)c1)N1CCCSc2ccc(Cl)cc21. The van der Waals surface area contributed by atoms with Crippen molar-refractivity contribution < 1.29 is 9.18 Å². The third kappa shape index (κ3) is 3.04. The van der Waals surface area contributed by atoms with Crippen molar-refractivity contribution >= 4 is 35.0 Å². The number of pyridine rings is 1. The van der Waals surface area contributed by atoms with Gasteiger partial charge in [0.25, 0.3) is 5.91 Å². The smallest absolute Gasteiger partial charge is 0.259 e. The first-order chi connectivity index (χ1) is 10.1. The Balaban J connectivity index is 2.02. The molecule has 0 N–H and O–H groups in total. The number of hydrogen-bond donors (Lipinski definition) is 0. The van der Waals surface area contributed by atoms with Crippen molar-refractivity contribution in [3.05, 3.63) is 53.1 Å². The number of nitrogens with zero attached hydrogens (tertiary/aromatic N) is 2. The van der Waals surface area contributed by atoms with E-state index >= 15 is 0 Å². The van der Waals surface area contributed by atoms with E-state index in [1.807, 2.05) is 12.1 Å². The van der Waals surface area contributed by atoms with E-state index in [2.05, 4.69) is 4.98 Å². The van der Waals surface area contributed by atoms with E-state index < -0.39 is 5.82 Å². The number of fused-ring (bicyclic) bond motifs is 1. The molecule has 0 spiro atoms. The first-order valence-electron chi connectivity index (χ1n) is 6.50. The van der Waals surface area contributed by atoms with Crippen LogP contribution in [0.4, 0.5) is 10.1 Å². The van der Waals surface area contributed by atoms with Crippen molar-refractivity contribution in [3.8, 4) is 0 Å². The van der Waals surface area contributed by atoms with Gasteiger partial charge >= 0.3 is 0 Å². The lowest BCUT2D eigenvalue weighted by molar-refractivity contribution is 0.0986. The minimum Gasteiger partial charge on any atom is -0.307 e. The van der Waals surface area contributed by atoms with Gasteiger partial charge in [0.05, 0.1) is 17.4 Å². The molecule has 1 aromatic carbocycles. The maximum Gasteiger partial charge on any atom is 0.259 e. The van der Waals surface area contributed by atoms with E-state index in [0.29, 0.717) is 11.6 Å². The summed E-state index contributed by atoms with van der Waals surface area (Å²) >= 11 is 7.75. The average molecular weight is 323 g/mol. The van der Waals surface area contributed by atoms with Gasteiger partial charge in [0.2, 0.25) is 0 Å². The molecule has 3 nitrogen and oxygen atoms in total. The van der Waals surface area contributed by atoms with Crippen LogP contribution in [0, 0.1) is 5.82 Å². The molecule has 0 fully saturated rings. The fourth-order valence-electron chi connectivity index (χ4n) is 2.24. The lowest BCUT2D eigenvalue weighted by Gasteiger charge is -2.22. The first kappa shape index (κ1) is 14.4. The largest absolute Gasteiger partial charge is 0.307 e. The zero-order chi connectivity index (χ0) is 14.8. The number of thioether (sulfide) groups is 1. The number of benzene rings is 1. The summed E-state index contributed by atoms with van der Waals surface area (Å²) in [5, 5.41) is 0.575. The highest BCUT2D eigenvalue weighted by molar-refractivity contribution is 7.99. The van der Waals surface area contributed by atoms with E-state index in [1.54, 1.807) is 22.7 Å². The van der Waals surface area contributed by atoms with Gasteiger partial charge in [-0.1, -0.05) is 11.6 Å². The van der Waals surface area contributed by atoms with Gasteiger partial charge in [-0.2, -0.15) is 0 Å². The summed E-state index contributed by atoms with van der Waals surface area (Å²) in [7, 11) is 0. The van der Waals surface area contributed by atoms with E-state index in [9.17, 15) is 9.18 Å². The van der Waals surface area contributed by atoms with Gasteiger partial charge in [-0.25, -0.2) is 4.39 Å². The Morgan fingerprint density at radius 1 is 1.33 bits per heavy atom. The van der Waals surface area contributed by atoms with Gasteiger partial charge in [-0.15, -0.1) is 11.8 Å². The second-order valence-corrected chi connectivity index (χ2v) is 6.24. The number of amides is 1. The summed E-state index contributed by atoms with van der Waals surface area (Å²) in [6.07, 6.45) is 3.33. The van der Waals surface area contributed by atoms with Crippen LogP contribution < -0.4 is 4.90 Å². The Kier molecular flexibility index (Phi) is 4.12. The highest BCUT2D eigenvalue weighted by Gasteiger charge is 2.23. The molecule has 108 valence electrons. The Hall–Kier alpha value is -1.59. The Labute approximate surface area is 131 Å². The maximum absolute atomic E-state index is 13.3. The summed E-state index contributed by atoms with van der Waals surface area (Å²) < 4.78 is 13.3. The maximum atomic E-state index is 13.3. The summed E-state index contributed by atoms with van der Waals surface area (Å²) in [4.78, 5) is 19.0. The molecule has 0 unspecified atom stereocenters. The molecule has 2 heterocycles. The number of rotatable bonds is 1. The molecule has 1 amide bonds. The molecular weight excluding hydrogens is 311 g/mol. The summed E-state index contributed by atoms with van der Waals surface area (Å²) in [5.74, 6) is 0.157. The highest BCUT2D eigenvalue weighted by Crippen LogP contribution is 2.36. The second kappa shape index (κ2) is 6.03. The number of anilines is 1. The molecule has 0 atom stereocenters. The predicted molar refractivity (Wildman–Crippen MR) is 82.7 cm³/mol. The average Bonchev–Trinajstić information content (AvgIpc) is 2.68. The third-order valence-electron chi connectivity index (χ3n) is 3.19. The minimum atomic E-state index is -0.517. The van der Waals surface area contributed by atoms with Gasteiger partial charge in [-0.3, -0.25) is 9.78 Å². The van der Waals surface area contributed by atoms with Crippen molar-refractivity contribution in [1.29, 1.82) is 0 Å². The van der Waals surface area contributed by atoms with Crippen LogP contribution in [0.2, 0.25) is 5.02 Å². The van der Waals surface area contributed by atoms with Crippen LogP contribution >= 0.6 is 23.4 Å². The lowest BCUT2D eigenvalue weighted by Crippen LogP contribution is -2.32. The number of carbonyl (C=O) groups is 1. The van der Waals surface area contributed by atoms with Gasteiger partial charge in [0, 0.05) is 22.7 Å². The zero-order valence-electron chi connectivity index (χ0n) is 11.1. The normalized spacial score (nSPS) is 14.5. The fraction of sp³-hybridized carbons (Fsp3) is 0.200. The van der Waals surface area contributed by atoms with Crippen molar-refractivity contribution in [1.82, 2.24) is 4.98 Å². The second-order valence-electron chi connectivity index (χ2n) is 4.66. The van der Waals surface area contributed by atoms with Crippen LogP contribution in [-0.2, 0) is 0 Å². The quantitative estimate of drug-likeness (QED) is 0.795. The van der Waals surface area contributed by atoms with Crippen LogP contribution in [-0.4, -0.2) is 23.2 Å². The molecule has 6 heteroatoms. The molecule has 1 aliphatic rings. The van der Waals surface area contributed by atoms with Crippen LogP contribution in [0.25, 0.3) is 0 Å². The van der Waals surface area contributed by atoms with E-state index in [-0.39, 0.29) is 11.5 Å². The standard InChI is InChI=1S/C15H12ClFN2OS/c16-11-2-3-14-13(7-11)19(4-1-5-21-14)15(20)10-6-12(17)9-18-8-10/h2-3,6-9H,1,4-5H2. The van der Waals surface area contributed by atoms with Crippen LogP contribution in [0.15, 0.2) is 41.6 Å². The van der Waals surface area contributed by atoms with Gasteiger partial charge in [-0.05, 0) is 36.4 Å². The Morgan fingerprint density at radius 3 is 3.00 bits per heavy atom. The number of carbonyl (C=O) groups excluding carboxylic acids is 1. The number of aromatic nitrogens is 1. The van der Waals surface area contributed by atoms with Crippen molar-refractivity contribution in [3.63, 3.8) is 0 Å². The topological polar surface area (TPSA) is 33.2 Å². The summed E-state index contributed by atoms with van der Waals surface area (Å²) in [6, 6.07) is 6.71. The van der Waals surface area contributed by atoms with Crippen molar-refractivity contribution in [2.45, 2.75) is 11.3 Å². The van der Waals surface area contributed by atoms with Crippen LogP contribution in [0.1, 0.15) is 16.8 Å². The molecule has 0 aliphatic carbocycles. The van der Waals surface area contributed by atoms with Gasteiger partial charge < -0.3 is 4.90 Å². The first-order valence-corrected chi connectivity index (χ1v) is 7.86. The van der Waals surface area contributed by atoms with Gasteiger partial charge in [0.15, 0.2) is 0 Å². The molecule has 0 bridgehead atoms. The van der Waals surface area contributed by atoms with E-state index in [4.69, 9.17) is 11.6 Å². The molecule has 1 aliphatic heterocycles. The molecule has 21 heavy (non-hydrogen) atoms. The molecule has 0 saturated heterocycles. The summed E-state index contributed by atoms with van der Waals surface area (Å²) in [6.45, 7) is 0.579. The molecule has 3 rings (SSSR count). The fourth-order valence-corrected chi connectivity index (χ4v) is 3.39. The third-order valence-corrected chi connectivity index (χ3v) is 4.58. The molecular formula is C15H12ClFN2OS. The van der Waals surface area contributed by atoms with Crippen LogP contribution in [0.5, 0.6) is 0 Å². The van der Waals surface area contributed by atoms with Gasteiger partial charge in [0.1, 0.15) is 5.82 Å². The predicted octanol–water partition coefficient (Wildman–Crippen LogP) is 4.02. The molecule has 0 saturated carbocycles. The number of halogens is 2. The van der Waals surface area contributed by atoms with Crippen molar-refractivity contribution in [2.75, 3.05) is 17.2 Å². The van der Waals surface area contributed by atoms with Crippen LogP contribution in [0.3, 0.4) is 0 Å². The van der Waals surface area contributed by atoms with Crippen molar-refractivity contribution in [2.24, 2.45) is 0 Å². The Morgan fingerprint density at radius 2 is 2.19 bits per heavy atom. The molecule has 2 aromatic rings. The minimum absolute atomic E-state index is 0.243. The summed E-state index contributed by atoms with van der Waals surface area (Å²) in [5.41, 5.74) is 1.02. The zero-order valence-corrected chi connectivity index (χ0v) is 12.6. The number of hydrogen-bond acceptors (Lipinski definition) is 3. The molecule has 0 radical (unpaired) electrons. The van der Waals surface area contributed by atoms with E-state index in [0.717, 1.165) is 29.0 Å². The molecule has 1 aromatic heterocycles. The monoisotopic (exact) mass is 322 g/mol. The Bertz CT molecular complexity index is 695. The lowest BCUT2D eigenvalue weighted by atomic mass is 10.2. The van der Waals surface area contributed by atoms with E-state index in [1.165, 1.54) is 12.3 Å².